The predicted octanol–water partition coefficient (Wildman–Crippen LogP) is 2.83. The van der Waals surface area contributed by atoms with Gasteiger partial charge in [-0.25, -0.2) is 16.8 Å². The molecule has 1 amide bonds. The second-order valence-corrected chi connectivity index (χ2v) is 12.0. The van der Waals surface area contributed by atoms with E-state index in [0.29, 0.717) is 24.5 Å². The third kappa shape index (κ3) is 4.97. The van der Waals surface area contributed by atoms with Crippen molar-refractivity contribution >= 4 is 31.5 Å². The van der Waals surface area contributed by atoms with E-state index < -0.39 is 31.8 Å². The Bertz CT molecular complexity index is 1250. The molecule has 0 saturated carbocycles. The topological polar surface area (TPSA) is 101 Å². The quantitative estimate of drug-likeness (QED) is 0.617. The van der Waals surface area contributed by atoms with Gasteiger partial charge in [0, 0.05) is 29.7 Å². The summed E-state index contributed by atoms with van der Waals surface area (Å²) in [7, 11) is -5.48. The smallest absolute Gasteiger partial charge is 0.258 e. The Morgan fingerprint density at radius 2 is 1.64 bits per heavy atom. The van der Waals surface area contributed by atoms with E-state index in [9.17, 15) is 21.6 Å². The Morgan fingerprint density at radius 3 is 2.18 bits per heavy atom. The molecule has 1 fully saturated rings. The molecule has 1 atom stereocenters. The van der Waals surface area contributed by atoms with Gasteiger partial charge < -0.3 is 9.64 Å². The van der Waals surface area contributed by atoms with Crippen molar-refractivity contribution in [3.05, 3.63) is 65.6 Å². The van der Waals surface area contributed by atoms with Gasteiger partial charge in [-0.1, -0.05) is 6.42 Å². The van der Waals surface area contributed by atoms with Crippen LogP contribution in [0.4, 0.5) is 5.69 Å². The maximum absolute atomic E-state index is 13.5. The summed E-state index contributed by atoms with van der Waals surface area (Å²) >= 11 is 0. The fourth-order valence-electron chi connectivity index (χ4n) is 4.09. The molecule has 2 aliphatic rings. The Kier molecular flexibility index (Phi) is 6.60. The van der Waals surface area contributed by atoms with E-state index in [4.69, 9.17) is 4.74 Å². The van der Waals surface area contributed by atoms with Crippen LogP contribution < -0.4 is 9.64 Å². The van der Waals surface area contributed by atoms with Crippen molar-refractivity contribution in [3.8, 4) is 5.75 Å². The minimum absolute atomic E-state index is 0.139. The van der Waals surface area contributed by atoms with Crippen LogP contribution in [0.15, 0.2) is 64.9 Å². The highest BCUT2D eigenvalue weighted by Crippen LogP contribution is 2.28. The number of carbonyl (C=O) groups is 1. The van der Waals surface area contributed by atoms with Gasteiger partial charge in [0.2, 0.25) is 10.0 Å². The van der Waals surface area contributed by atoms with Crippen molar-refractivity contribution in [2.45, 2.75) is 30.2 Å². The Hall–Kier alpha value is -2.69. The number of amides is 1. The number of hydrogen-bond donors (Lipinski definition) is 0. The number of nitrogens with zero attached hydrogens (tertiary/aromatic N) is 2. The zero-order valence-corrected chi connectivity index (χ0v) is 19.9. The lowest BCUT2D eigenvalue weighted by Gasteiger charge is -2.28. The van der Waals surface area contributed by atoms with E-state index in [-0.39, 0.29) is 16.2 Å². The number of sulfone groups is 1. The Labute approximate surface area is 194 Å². The van der Waals surface area contributed by atoms with Crippen LogP contribution in [0.25, 0.3) is 0 Å². The molecular weight excluding hydrogens is 464 g/mol. The molecule has 176 valence electrons. The lowest BCUT2D eigenvalue weighted by Crippen LogP contribution is -2.41. The zero-order valence-electron chi connectivity index (χ0n) is 18.3. The highest BCUT2D eigenvalue weighted by atomic mass is 32.2. The third-order valence-electron chi connectivity index (χ3n) is 5.87. The molecule has 10 heteroatoms. The zero-order chi connectivity index (χ0) is 23.6. The second kappa shape index (κ2) is 9.28. The third-order valence-corrected chi connectivity index (χ3v) is 9.16. The summed E-state index contributed by atoms with van der Waals surface area (Å²) in [6, 6.07) is 11.9. The highest BCUT2D eigenvalue weighted by Gasteiger charge is 2.32. The first kappa shape index (κ1) is 23.5. The summed E-state index contributed by atoms with van der Waals surface area (Å²) in [5, 5.41) is 1.12. The van der Waals surface area contributed by atoms with Crippen LogP contribution in [0.3, 0.4) is 0 Å². The summed E-state index contributed by atoms with van der Waals surface area (Å²) in [6.07, 6.45) is 4.19. The molecule has 2 heterocycles. The lowest BCUT2D eigenvalue weighted by atomic mass is 10.1. The number of sulfonamides is 1. The number of methoxy groups -OCH3 is 1. The van der Waals surface area contributed by atoms with Gasteiger partial charge in [-0.15, -0.1) is 0 Å². The molecule has 0 aromatic heterocycles. The first-order chi connectivity index (χ1) is 15.7. The number of hydrogen-bond acceptors (Lipinski definition) is 6. The Balaban J connectivity index is 1.64. The van der Waals surface area contributed by atoms with Gasteiger partial charge in [-0.05, 0) is 67.4 Å². The second-order valence-electron chi connectivity index (χ2n) is 8.09. The molecule has 0 radical (unpaired) electrons. The predicted molar refractivity (Wildman–Crippen MR) is 126 cm³/mol. The van der Waals surface area contributed by atoms with Gasteiger partial charge in [0.15, 0.2) is 9.84 Å². The highest BCUT2D eigenvalue weighted by molar-refractivity contribution is 7.94. The van der Waals surface area contributed by atoms with Crippen LogP contribution in [-0.4, -0.2) is 59.0 Å². The molecule has 1 unspecified atom stereocenters. The molecule has 2 aliphatic heterocycles. The minimum atomic E-state index is -3.61. The van der Waals surface area contributed by atoms with Crippen LogP contribution in [0.2, 0.25) is 0 Å². The van der Waals surface area contributed by atoms with Crippen LogP contribution in [-0.2, 0) is 19.9 Å². The normalized spacial score (nSPS) is 20.5. The molecule has 4 rings (SSSR count). The van der Waals surface area contributed by atoms with E-state index in [1.54, 1.807) is 24.3 Å². The average molecular weight is 491 g/mol. The number of carbonyl (C=O) groups excluding carboxylic acids is 1. The molecule has 2 aromatic carbocycles. The van der Waals surface area contributed by atoms with Gasteiger partial charge >= 0.3 is 0 Å². The molecule has 2 aromatic rings. The molecule has 0 aliphatic carbocycles. The summed E-state index contributed by atoms with van der Waals surface area (Å²) in [5.74, 6) is -0.0338. The van der Waals surface area contributed by atoms with Crippen LogP contribution in [0.5, 0.6) is 5.75 Å². The standard InChI is InChI=1S/C23H26N2O6S2/c1-31-21-9-7-19(8-10-21)25(20-13-16-32(27,28)17-20)23(26)18-5-11-22(12-6-18)33(29,30)24-14-3-2-4-15-24/h5-13,16,20H,2-4,14-15,17H2,1H3. The van der Waals surface area contributed by atoms with Crippen molar-refractivity contribution in [1.29, 1.82) is 0 Å². The molecule has 33 heavy (non-hydrogen) atoms. The van der Waals surface area contributed by atoms with E-state index >= 15 is 0 Å². The SMILES string of the molecule is COc1ccc(N(C(=O)c2ccc(S(=O)(=O)N3CCCCC3)cc2)C2C=CS(=O)(=O)C2)cc1. The monoisotopic (exact) mass is 490 g/mol. The fraction of sp³-hybridized carbons (Fsp3) is 0.348. The van der Waals surface area contributed by atoms with Crippen molar-refractivity contribution < 1.29 is 26.4 Å². The van der Waals surface area contributed by atoms with Gasteiger partial charge in [-0.2, -0.15) is 4.31 Å². The summed E-state index contributed by atoms with van der Waals surface area (Å²) in [4.78, 5) is 15.0. The largest absolute Gasteiger partial charge is 0.497 e. The van der Waals surface area contributed by atoms with Gasteiger partial charge in [0.1, 0.15) is 5.75 Å². The first-order valence-corrected chi connectivity index (χ1v) is 13.9. The van der Waals surface area contributed by atoms with Crippen molar-refractivity contribution in [1.82, 2.24) is 4.31 Å². The molecule has 8 nitrogen and oxygen atoms in total. The fourth-order valence-corrected chi connectivity index (χ4v) is 6.87. The van der Waals surface area contributed by atoms with Crippen LogP contribution in [0, 0.1) is 0 Å². The number of piperidine rings is 1. The number of rotatable bonds is 6. The number of anilines is 1. The van der Waals surface area contributed by atoms with E-state index in [2.05, 4.69) is 0 Å². The maximum atomic E-state index is 13.5. The lowest BCUT2D eigenvalue weighted by molar-refractivity contribution is 0.0983. The van der Waals surface area contributed by atoms with E-state index in [1.807, 2.05) is 0 Å². The van der Waals surface area contributed by atoms with Gasteiger partial charge in [0.25, 0.3) is 5.91 Å². The minimum Gasteiger partial charge on any atom is -0.497 e. The molecule has 1 saturated heterocycles. The van der Waals surface area contributed by atoms with E-state index in [0.717, 1.165) is 24.7 Å². The van der Waals surface area contributed by atoms with Gasteiger partial charge in [0.05, 0.1) is 23.8 Å². The van der Waals surface area contributed by atoms with Gasteiger partial charge in [-0.3, -0.25) is 4.79 Å². The maximum Gasteiger partial charge on any atom is 0.258 e. The van der Waals surface area contributed by atoms with Crippen molar-refractivity contribution in [2.24, 2.45) is 0 Å². The first-order valence-electron chi connectivity index (χ1n) is 10.7. The molecule has 0 N–H and O–H groups in total. The van der Waals surface area contributed by atoms with E-state index in [1.165, 1.54) is 46.7 Å². The Morgan fingerprint density at radius 1 is 1.00 bits per heavy atom. The van der Waals surface area contributed by atoms with Crippen LogP contribution in [0.1, 0.15) is 29.6 Å². The number of ether oxygens (including phenoxy) is 1. The molecule has 0 bridgehead atoms. The summed E-state index contributed by atoms with van der Waals surface area (Å²) in [6.45, 7) is 0.994. The summed E-state index contributed by atoms with van der Waals surface area (Å²) < 4.78 is 56.5. The van der Waals surface area contributed by atoms with Crippen molar-refractivity contribution in [3.63, 3.8) is 0 Å². The van der Waals surface area contributed by atoms with Crippen molar-refractivity contribution in [2.75, 3.05) is 30.9 Å². The summed E-state index contributed by atoms with van der Waals surface area (Å²) in [5.41, 5.74) is 0.777. The van der Waals surface area contributed by atoms with Crippen LogP contribution >= 0.6 is 0 Å². The molecular formula is C23H26N2O6S2. The number of benzene rings is 2. The average Bonchev–Trinajstić information content (AvgIpc) is 3.19. The molecule has 0 spiro atoms.